The summed E-state index contributed by atoms with van der Waals surface area (Å²) in [6.45, 7) is -0.0422. The molecule has 1 aromatic carbocycles. The van der Waals surface area contributed by atoms with E-state index in [0.29, 0.717) is 13.9 Å². The number of benzene rings is 1. The summed E-state index contributed by atoms with van der Waals surface area (Å²) in [5, 5.41) is 12.0. The second-order valence-corrected chi connectivity index (χ2v) is 10.2. The van der Waals surface area contributed by atoms with Gasteiger partial charge < -0.3 is 5.32 Å². The van der Waals surface area contributed by atoms with Gasteiger partial charge in [0, 0.05) is 16.8 Å². The van der Waals surface area contributed by atoms with Crippen molar-refractivity contribution in [2.24, 2.45) is 0 Å². The van der Waals surface area contributed by atoms with Crippen LogP contribution in [0.15, 0.2) is 52.4 Å². The second-order valence-electron chi connectivity index (χ2n) is 7.58. The largest absolute Gasteiger partial charge is 0.433 e. The summed E-state index contributed by atoms with van der Waals surface area (Å²) >= 11 is 16.8. The molecule has 7 nitrogen and oxygen atoms in total. The lowest BCUT2D eigenvalue weighted by Gasteiger charge is -2.10. The Hall–Kier alpha value is -3.00. The van der Waals surface area contributed by atoms with Gasteiger partial charge in [-0.05, 0) is 45.6 Å². The van der Waals surface area contributed by atoms with Crippen molar-refractivity contribution in [3.63, 3.8) is 0 Å². The zero-order valence-corrected chi connectivity index (χ0v) is 21.9. The Kier molecular flexibility index (Phi) is 6.73. The third-order valence-corrected chi connectivity index (χ3v) is 7.32. The zero-order chi connectivity index (χ0) is 26.5. The zero-order valence-electron chi connectivity index (χ0n) is 18.0. The van der Waals surface area contributed by atoms with Crippen molar-refractivity contribution in [2.45, 2.75) is 12.7 Å². The van der Waals surface area contributed by atoms with Crippen molar-refractivity contribution in [2.75, 3.05) is 5.32 Å². The van der Waals surface area contributed by atoms with Crippen molar-refractivity contribution in [1.82, 2.24) is 24.4 Å². The van der Waals surface area contributed by atoms with E-state index in [1.807, 2.05) is 0 Å². The monoisotopic (exact) mass is 632 g/mol. The number of carbonyl (C=O) groups excluding carboxylic acids is 1. The fourth-order valence-electron chi connectivity index (χ4n) is 3.46. The molecule has 0 unspecified atom stereocenters. The average Bonchev–Trinajstić information content (AvgIpc) is 3.56. The third-order valence-electron chi connectivity index (χ3n) is 5.14. The van der Waals surface area contributed by atoms with E-state index in [9.17, 15) is 22.4 Å². The van der Waals surface area contributed by atoms with Crippen LogP contribution >= 0.6 is 50.5 Å². The van der Waals surface area contributed by atoms with Crippen molar-refractivity contribution in [1.29, 1.82) is 0 Å². The maximum atomic E-state index is 14.1. The van der Waals surface area contributed by atoms with Gasteiger partial charge in [0.25, 0.3) is 5.91 Å². The van der Waals surface area contributed by atoms with E-state index in [2.05, 4.69) is 36.4 Å². The van der Waals surface area contributed by atoms with Crippen LogP contribution in [-0.2, 0) is 12.7 Å². The fourth-order valence-corrected chi connectivity index (χ4v) is 5.03. The summed E-state index contributed by atoms with van der Waals surface area (Å²) in [5.41, 5.74) is -1.73. The van der Waals surface area contributed by atoms with Gasteiger partial charge in [0.1, 0.15) is 10.8 Å². The van der Waals surface area contributed by atoms with E-state index in [1.165, 1.54) is 40.4 Å². The SMILES string of the molecule is O=C(Nc1nn(Cc2c(F)cccc2Cl)cc1Br)c1nn2c(C(F)(F)F)cc(-c3cccs3)nc2c1Cl. The number of amides is 1. The van der Waals surface area contributed by atoms with Crippen molar-refractivity contribution >= 4 is 67.8 Å². The van der Waals surface area contributed by atoms with Crippen LogP contribution in [0, 0.1) is 5.82 Å². The summed E-state index contributed by atoms with van der Waals surface area (Å²) in [6.07, 6.45) is -3.33. The molecule has 0 atom stereocenters. The minimum Gasteiger partial charge on any atom is -0.303 e. The highest BCUT2D eigenvalue weighted by atomic mass is 79.9. The van der Waals surface area contributed by atoms with Gasteiger partial charge in [-0.2, -0.15) is 23.4 Å². The molecule has 1 N–H and O–H groups in total. The molecule has 0 radical (unpaired) electrons. The summed E-state index contributed by atoms with van der Waals surface area (Å²) in [4.78, 5) is 17.7. The van der Waals surface area contributed by atoms with Crippen molar-refractivity contribution in [3.8, 4) is 10.6 Å². The Morgan fingerprint density at radius 1 is 1.16 bits per heavy atom. The molecule has 0 spiro atoms. The Morgan fingerprint density at radius 3 is 2.62 bits per heavy atom. The molecule has 0 bridgehead atoms. The molecular weight excluding hydrogens is 623 g/mol. The van der Waals surface area contributed by atoms with Crippen LogP contribution in [0.3, 0.4) is 0 Å². The highest BCUT2D eigenvalue weighted by molar-refractivity contribution is 9.10. The van der Waals surface area contributed by atoms with Gasteiger partial charge in [-0.3, -0.25) is 9.48 Å². The van der Waals surface area contributed by atoms with Crippen LogP contribution in [0.5, 0.6) is 0 Å². The number of anilines is 1. The smallest absolute Gasteiger partial charge is 0.303 e. The molecule has 4 heterocycles. The summed E-state index contributed by atoms with van der Waals surface area (Å²) < 4.78 is 57.8. The third kappa shape index (κ3) is 4.96. The molecule has 0 fully saturated rings. The number of nitrogens with one attached hydrogen (secondary N) is 1. The number of halogens is 7. The summed E-state index contributed by atoms with van der Waals surface area (Å²) in [5.74, 6) is -1.44. The Labute approximate surface area is 227 Å². The highest BCUT2D eigenvalue weighted by Gasteiger charge is 2.37. The average molecular weight is 634 g/mol. The van der Waals surface area contributed by atoms with Gasteiger partial charge in [-0.1, -0.05) is 35.3 Å². The highest BCUT2D eigenvalue weighted by Crippen LogP contribution is 2.36. The Morgan fingerprint density at radius 2 is 1.95 bits per heavy atom. The first-order valence-corrected chi connectivity index (χ1v) is 12.6. The van der Waals surface area contributed by atoms with Gasteiger partial charge in [-0.25, -0.2) is 13.9 Å². The molecular formula is C22H11BrCl2F4N6OS. The molecule has 5 aromatic rings. The number of thiophene rings is 1. The first-order valence-electron chi connectivity index (χ1n) is 10.2. The number of carbonyl (C=O) groups is 1. The molecule has 37 heavy (non-hydrogen) atoms. The molecule has 0 aliphatic heterocycles. The van der Waals surface area contributed by atoms with Crippen LogP contribution in [0.25, 0.3) is 16.2 Å². The number of rotatable bonds is 5. The fraction of sp³-hybridized carbons (Fsp3) is 0.0909. The van der Waals surface area contributed by atoms with Crippen LogP contribution in [0.2, 0.25) is 10.0 Å². The summed E-state index contributed by atoms with van der Waals surface area (Å²) in [6, 6.07) is 8.38. The van der Waals surface area contributed by atoms with Crippen LogP contribution in [0.1, 0.15) is 21.7 Å². The molecule has 0 saturated carbocycles. The summed E-state index contributed by atoms with van der Waals surface area (Å²) in [7, 11) is 0. The first kappa shape index (κ1) is 25.6. The number of fused-ring (bicyclic) bond motifs is 1. The Bertz CT molecular complexity index is 1630. The van der Waals surface area contributed by atoms with E-state index in [0.717, 1.165) is 6.07 Å². The van der Waals surface area contributed by atoms with Gasteiger partial charge in [0.05, 0.1) is 21.6 Å². The maximum Gasteiger partial charge on any atom is 0.433 e. The number of hydrogen-bond acceptors (Lipinski definition) is 5. The standard InChI is InChI=1S/C22H11BrCl2F4N6OS/c23-11-9-34(8-10-12(24)3-1-4-13(10)26)33-19(11)31-21(36)18-17(25)20-30-14(15-5-2-6-37-15)7-16(22(27,28)29)35(20)32-18/h1-7,9H,8H2,(H,31,33,36). The van der Waals surface area contributed by atoms with Gasteiger partial charge in [-0.15, -0.1) is 11.3 Å². The van der Waals surface area contributed by atoms with Crippen molar-refractivity contribution in [3.05, 3.63) is 85.3 Å². The molecule has 190 valence electrons. The molecule has 4 aromatic heterocycles. The molecule has 15 heteroatoms. The maximum absolute atomic E-state index is 14.1. The topological polar surface area (TPSA) is 77.1 Å². The van der Waals surface area contributed by atoms with E-state index in [-0.39, 0.29) is 39.3 Å². The number of nitrogens with zero attached hydrogens (tertiary/aromatic N) is 5. The minimum atomic E-state index is -4.80. The Balaban J connectivity index is 1.49. The van der Waals surface area contributed by atoms with E-state index >= 15 is 0 Å². The lowest BCUT2D eigenvalue weighted by molar-refractivity contribution is -0.142. The normalized spacial score (nSPS) is 11.9. The lowest BCUT2D eigenvalue weighted by Crippen LogP contribution is -2.16. The van der Waals surface area contributed by atoms with E-state index < -0.39 is 29.3 Å². The molecule has 0 aliphatic rings. The van der Waals surface area contributed by atoms with Crippen LogP contribution < -0.4 is 5.32 Å². The van der Waals surface area contributed by atoms with Gasteiger partial charge >= 0.3 is 6.18 Å². The minimum absolute atomic E-state index is 0.00821. The molecule has 0 saturated heterocycles. The quantitative estimate of drug-likeness (QED) is 0.208. The van der Waals surface area contributed by atoms with Gasteiger partial charge in [0.2, 0.25) is 0 Å². The molecule has 1 amide bonds. The number of alkyl halides is 3. The van der Waals surface area contributed by atoms with E-state index in [1.54, 1.807) is 17.5 Å². The lowest BCUT2D eigenvalue weighted by atomic mass is 10.2. The predicted octanol–water partition coefficient (Wildman–Crippen LogP) is 7.18. The number of aromatic nitrogens is 5. The van der Waals surface area contributed by atoms with E-state index in [4.69, 9.17) is 23.2 Å². The number of hydrogen-bond donors (Lipinski definition) is 1. The van der Waals surface area contributed by atoms with Crippen LogP contribution in [0.4, 0.5) is 23.4 Å². The van der Waals surface area contributed by atoms with Gasteiger partial charge in [0.15, 0.2) is 22.9 Å². The van der Waals surface area contributed by atoms with Crippen LogP contribution in [-0.4, -0.2) is 30.3 Å². The second kappa shape index (κ2) is 9.71. The first-order chi connectivity index (χ1) is 17.5. The molecule has 0 aliphatic carbocycles. The predicted molar refractivity (Wildman–Crippen MR) is 135 cm³/mol. The van der Waals surface area contributed by atoms with Crippen molar-refractivity contribution < 1.29 is 22.4 Å². The molecule has 5 rings (SSSR count).